The average Bonchev–Trinajstić information content (AvgIpc) is 2.33. The maximum Gasteiger partial charge on any atom is 0.225 e. The number of nitrogens with two attached hydrogens (primary N) is 1. The first-order valence-electron chi connectivity index (χ1n) is 5.93. The number of ether oxygens (including phenoxy) is 1. The van der Waals surface area contributed by atoms with Crippen molar-refractivity contribution in [2.75, 3.05) is 25.4 Å². The highest BCUT2D eigenvalue weighted by Gasteiger charge is 2.08. The Balaban J connectivity index is 2.32. The number of nitrogens with zero attached hydrogens (tertiary/aromatic N) is 1. The summed E-state index contributed by atoms with van der Waals surface area (Å²) >= 11 is 0. The van der Waals surface area contributed by atoms with E-state index in [0.717, 1.165) is 18.8 Å². The molecule has 0 radical (unpaired) electrons. The summed E-state index contributed by atoms with van der Waals surface area (Å²) in [4.78, 5) is 13.5. The maximum absolute atomic E-state index is 11.7. The summed E-state index contributed by atoms with van der Waals surface area (Å²) < 4.78 is 5.47. The molecule has 1 rings (SSSR count). The number of anilines is 1. The van der Waals surface area contributed by atoms with E-state index in [2.05, 4.69) is 0 Å². The van der Waals surface area contributed by atoms with E-state index in [1.54, 1.807) is 29.2 Å². The molecule has 4 nitrogen and oxygen atoms in total. The third-order valence-electron chi connectivity index (χ3n) is 2.58. The van der Waals surface area contributed by atoms with Gasteiger partial charge in [-0.15, -0.1) is 0 Å². The van der Waals surface area contributed by atoms with Crippen molar-refractivity contribution >= 4 is 11.6 Å². The van der Waals surface area contributed by atoms with Crippen molar-refractivity contribution in [1.29, 1.82) is 0 Å². The molecular formula is C13H20N2O2. The van der Waals surface area contributed by atoms with E-state index in [-0.39, 0.29) is 5.91 Å². The molecule has 0 atom stereocenters. The van der Waals surface area contributed by atoms with E-state index in [0.29, 0.717) is 18.7 Å². The van der Waals surface area contributed by atoms with E-state index < -0.39 is 0 Å². The minimum atomic E-state index is 0.130. The lowest BCUT2D eigenvalue weighted by Crippen LogP contribution is -2.31. The van der Waals surface area contributed by atoms with Gasteiger partial charge in [0.15, 0.2) is 0 Å². The van der Waals surface area contributed by atoms with Gasteiger partial charge in [-0.3, -0.25) is 4.79 Å². The van der Waals surface area contributed by atoms with Gasteiger partial charge in [0.25, 0.3) is 0 Å². The quantitative estimate of drug-likeness (QED) is 0.767. The molecule has 1 aromatic rings. The van der Waals surface area contributed by atoms with Crippen LogP contribution in [0.25, 0.3) is 0 Å². The molecule has 1 aromatic carbocycles. The van der Waals surface area contributed by atoms with Crippen molar-refractivity contribution in [3.05, 3.63) is 24.3 Å². The molecular weight excluding hydrogens is 216 g/mol. The standard InChI is InChI=1S/C13H20N2O2/c1-3-15(4-2)13(16)9-10-17-12-7-5-11(14)6-8-12/h5-8H,3-4,9-10,14H2,1-2H3. The third kappa shape index (κ3) is 4.34. The number of rotatable bonds is 6. The third-order valence-corrected chi connectivity index (χ3v) is 2.58. The number of carbonyl (C=O) groups excluding carboxylic acids is 1. The van der Waals surface area contributed by atoms with Gasteiger partial charge < -0.3 is 15.4 Å². The van der Waals surface area contributed by atoms with Gasteiger partial charge in [0, 0.05) is 18.8 Å². The number of benzene rings is 1. The Labute approximate surface area is 102 Å². The highest BCUT2D eigenvalue weighted by atomic mass is 16.5. The van der Waals surface area contributed by atoms with Crippen LogP contribution in [0.2, 0.25) is 0 Å². The second kappa shape index (κ2) is 6.78. The van der Waals surface area contributed by atoms with Crippen LogP contribution in [0.3, 0.4) is 0 Å². The molecule has 0 saturated heterocycles. The predicted octanol–water partition coefficient (Wildman–Crippen LogP) is 1.91. The van der Waals surface area contributed by atoms with Gasteiger partial charge in [0.2, 0.25) is 5.91 Å². The molecule has 94 valence electrons. The van der Waals surface area contributed by atoms with Crippen molar-refractivity contribution in [3.8, 4) is 5.75 Å². The largest absolute Gasteiger partial charge is 0.493 e. The van der Waals surface area contributed by atoms with Crippen LogP contribution in [0, 0.1) is 0 Å². The van der Waals surface area contributed by atoms with Crippen molar-refractivity contribution in [3.63, 3.8) is 0 Å². The Bertz CT molecular complexity index is 345. The number of amides is 1. The molecule has 0 saturated carbocycles. The first-order valence-corrected chi connectivity index (χ1v) is 5.93. The average molecular weight is 236 g/mol. The summed E-state index contributed by atoms with van der Waals surface area (Å²) in [6.45, 7) is 5.85. The van der Waals surface area contributed by atoms with Gasteiger partial charge in [0.05, 0.1) is 13.0 Å². The van der Waals surface area contributed by atoms with Crippen molar-refractivity contribution in [2.24, 2.45) is 0 Å². The SMILES string of the molecule is CCN(CC)C(=O)CCOc1ccc(N)cc1. The zero-order valence-corrected chi connectivity index (χ0v) is 10.5. The van der Waals surface area contributed by atoms with Gasteiger partial charge in [-0.05, 0) is 38.1 Å². The number of hydrogen-bond acceptors (Lipinski definition) is 3. The van der Waals surface area contributed by atoms with Crippen LogP contribution in [-0.4, -0.2) is 30.5 Å². The fourth-order valence-electron chi connectivity index (χ4n) is 1.55. The molecule has 2 N–H and O–H groups in total. The second-order valence-corrected chi connectivity index (χ2v) is 3.73. The molecule has 1 amide bonds. The zero-order valence-electron chi connectivity index (χ0n) is 10.5. The normalized spacial score (nSPS) is 10.0. The van der Waals surface area contributed by atoms with Crippen molar-refractivity contribution < 1.29 is 9.53 Å². The summed E-state index contributed by atoms with van der Waals surface area (Å²) in [5.41, 5.74) is 6.27. The zero-order chi connectivity index (χ0) is 12.7. The molecule has 0 fully saturated rings. The Morgan fingerprint density at radius 1 is 1.24 bits per heavy atom. The van der Waals surface area contributed by atoms with Crippen LogP contribution in [0.4, 0.5) is 5.69 Å². The van der Waals surface area contributed by atoms with E-state index in [1.807, 2.05) is 13.8 Å². The summed E-state index contributed by atoms with van der Waals surface area (Å²) in [7, 11) is 0. The predicted molar refractivity (Wildman–Crippen MR) is 68.9 cm³/mol. The second-order valence-electron chi connectivity index (χ2n) is 3.73. The van der Waals surface area contributed by atoms with E-state index >= 15 is 0 Å². The molecule has 0 spiro atoms. The number of hydrogen-bond donors (Lipinski definition) is 1. The van der Waals surface area contributed by atoms with Crippen molar-refractivity contribution in [2.45, 2.75) is 20.3 Å². The Morgan fingerprint density at radius 3 is 2.35 bits per heavy atom. The molecule has 0 unspecified atom stereocenters. The Kier molecular flexibility index (Phi) is 5.33. The van der Waals surface area contributed by atoms with Crippen LogP contribution < -0.4 is 10.5 Å². The monoisotopic (exact) mass is 236 g/mol. The van der Waals surface area contributed by atoms with E-state index in [4.69, 9.17) is 10.5 Å². The Hall–Kier alpha value is -1.71. The van der Waals surface area contributed by atoms with Gasteiger partial charge in [-0.1, -0.05) is 0 Å². The fraction of sp³-hybridized carbons (Fsp3) is 0.462. The number of nitrogen functional groups attached to an aromatic ring is 1. The smallest absolute Gasteiger partial charge is 0.225 e. The first-order chi connectivity index (χ1) is 8.17. The fourth-order valence-corrected chi connectivity index (χ4v) is 1.55. The van der Waals surface area contributed by atoms with Crippen LogP contribution in [-0.2, 0) is 4.79 Å². The lowest BCUT2D eigenvalue weighted by atomic mass is 10.3. The van der Waals surface area contributed by atoms with Gasteiger partial charge in [-0.25, -0.2) is 0 Å². The first kappa shape index (κ1) is 13.4. The number of carbonyl (C=O) groups is 1. The molecule has 17 heavy (non-hydrogen) atoms. The van der Waals surface area contributed by atoms with Gasteiger partial charge in [-0.2, -0.15) is 0 Å². The summed E-state index contributed by atoms with van der Waals surface area (Å²) in [6, 6.07) is 7.16. The van der Waals surface area contributed by atoms with Gasteiger partial charge in [0.1, 0.15) is 5.75 Å². The molecule has 0 bridgehead atoms. The van der Waals surface area contributed by atoms with Crippen LogP contribution in [0.5, 0.6) is 5.75 Å². The van der Waals surface area contributed by atoms with Crippen LogP contribution in [0.15, 0.2) is 24.3 Å². The lowest BCUT2D eigenvalue weighted by molar-refractivity contribution is -0.131. The van der Waals surface area contributed by atoms with E-state index in [1.165, 1.54) is 0 Å². The summed E-state index contributed by atoms with van der Waals surface area (Å²) in [6.07, 6.45) is 0.409. The summed E-state index contributed by atoms with van der Waals surface area (Å²) in [5.74, 6) is 0.872. The molecule has 0 aromatic heterocycles. The Morgan fingerprint density at radius 2 is 1.82 bits per heavy atom. The highest BCUT2D eigenvalue weighted by Crippen LogP contribution is 2.13. The summed E-state index contributed by atoms with van der Waals surface area (Å²) in [5, 5.41) is 0. The lowest BCUT2D eigenvalue weighted by Gasteiger charge is -2.18. The topological polar surface area (TPSA) is 55.6 Å². The molecule has 0 heterocycles. The highest BCUT2D eigenvalue weighted by molar-refractivity contribution is 5.76. The van der Waals surface area contributed by atoms with Crippen LogP contribution in [0.1, 0.15) is 20.3 Å². The van der Waals surface area contributed by atoms with E-state index in [9.17, 15) is 4.79 Å². The van der Waals surface area contributed by atoms with Gasteiger partial charge >= 0.3 is 0 Å². The minimum absolute atomic E-state index is 0.130. The molecule has 0 aliphatic rings. The maximum atomic E-state index is 11.7. The van der Waals surface area contributed by atoms with Crippen LogP contribution >= 0.6 is 0 Å². The van der Waals surface area contributed by atoms with Crippen molar-refractivity contribution in [1.82, 2.24) is 4.90 Å². The molecule has 0 aliphatic carbocycles. The molecule has 4 heteroatoms. The minimum Gasteiger partial charge on any atom is -0.493 e. The molecule has 0 aliphatic heterocycles.